The number of nitrogens with zero attached hydrogens (tertiary/aromatic N) is 1. The predicted octanol–water partition coefficient (Wildman–Crippen LogP) is 1.64. The summed E-state index contributed by atoms with van der Waals surface area (Å²) < 4.78 is 0.949. The molecule has 0 unspecified atom stereocenters. The Kier molecular flexibility index (Phi) is 3.49. The SMILES string of the molecule is C[C@@H](O)CNc1ccc(Br)cn1. The second-order valence-corrected chi connectivity index (χ2v) is 3.51. The molecule has 0 saturated heterocycles. The summed E-state index contributed by atoms with van der Waals surface area (Å²) >= 11 is 3.29. The fourth-order valence-corrected chi connectivity index (χ4v) is 0.967. The van der Waals surface area contributed by atoms with Crippen LogP contribution in [0, 0.1) is 0 Å². The van der Waals surface area contributed by atoms with Crippen LogP contribution in [0.25, 0.3) is 0 Å². The average Bonchev–Trinajstić information content (AvgIpc) is 2.03. The largest absolute Gasteiger partial charge is 0.392 e. The monoisotopic (exact) mass is 230 g/mol. The van der Waals surface area contributed by atoms with Crippen LogP contribution in [-0.2, 0) is 0 Å². The Balaban J connectivity index is 2.48. The van der Waals surface area contributed by atoms with Crippen molar-refractivity contribution in [2.45, 2.75) is 13.0 Å². The van der Waals surface area contributed by atoms with Crippen LogP contribution in [0.4, 0.5) is 5.82 Å². The van der Waals surface area contributed by atoms with Crippen molar-refractivity contribution in [2.75, 3.05) is 11.9 Å². The Hall–Kier alpha value is -0.610. The van der Waals surface area contributed by atoms with E-state index in [0.717, 1.165) is 10.3 Å². The maximum Gasteiger partial charge on any atom is 0.126 e. The van der Waals surface area contributed by atoms with Gasteiger partial charge in [0.05, 0.1) is 6.10 Å². The van der Waals surface area contributed by atoms with E-state index in [9.17, 15) is 0 Å². The van der Waals surface area contributed by atoms with E-state index in [-0.39, 0.29) is 6.10 Å². The van der Waals surface area contributed by atoms with Crippen molar-refractivity contribution < 1.29 is 5.11 Å². The maximum absolute atomic E-state index is 8.97. The lowest BCUT2D eigenvalue weighted by Crippen LogP contribution is -2.15. The van der Waals surface area contributed by atoms with E-state index in [0.29, 0.717) is 6.54 Å². The summed E-state index contributed by atoms with van der Waals surface area (Å²) in [5, 5.41) is 12.0. The quantitative estimate of drug-likeness (QED) is 0.831. The fraction of sp³-hybridized carbons (Fsp3) is 0.375. The summed E-state index contributed by atoms with van der Waals surface area (Å²) in [7, 11) is 0. The molecule has 0 amide bonds. The van der Waals surface area contributed by atoms with Gasteiger partial charge in [-0.2, -0.15) is 0 Å². The van der Waals surface area contributed by atoms with Gasteiger partial charge < -0.3 is 10.4 Å². The summed E-state index contributed by atoms with van der Waals surface area (Å²) in [4.78, 5) is 4.08. The minimum absolute atomic E-state index is 0.351. The number of nitrogens with one attached hydrogen (secondary N) is 1. The molecule has 0 aromatic carbocycles. The minimum atomic E-state index is -0.351. The number of anilines is 1. The number of halogens is 1. The third-order valence-electron chi connectivity index (χ3n) is 1.31. The highest BCUT2D eigenvalue weighted by Gasteiger charge is 1.96. The molecular weight excluding hydrogens is 220 g/mol. The van der Waals surface area contributed by atoms with Crippen LogP contribution in [0.1, 0.15) is 6.92 Å². The Morgan fingerprint density at radius 3 is 2.92 bits per heavy atom. The molecular formula is C8H11BrN2O. The average molecular weight is 231 g/mol. The molecule has 0 radical (unpaired) electrons. The molecule has 0 aliphatic rings. The number of pyridine rings is 1. The van der Waals surface area contributed by atoms with Gasteiger partial charge in [-0.1, -0.05) is 0 Å². The second kappa shape index (κ2) is 4.42. The lowest BCUT2D eigenvalue weighted by Gasteiger charge is -2.06. The van der Waals surface area contributed by atoms with Crippen molar-refractivity contribution in [2.24, 2.45) is 0 Å². The van der Waals surface area contributed by atoms with Crippen LogP contribution in [-0.4, -0.2) is 22.7 Å². The summed E-state index contributed by atoms with van der Waals surface area (Å²) in [5.74, 6) is 0.777. The molecule has 1 rings (SSSR count). The molecule has 66 valence electrons. The normalized spacial score (nSPS) is 12.6. The second-order valence-electron chi connectivity index (χ2n) is 2.59. The number of hydrogen-bond donors (Lipinski definition) is 2. The van der Waals surface area contributed by atoms with Crippen LogP contribution in [0.3, 0.4) is 0 Å². The lowest BCUT2D eigenvalue weighted by atomic mass is 10.4. The smallest absolute Gasteiger partial charge is 0.126 e. The molecule has 0 saturated carbocycles. The first kappa shape index (κ1) is 9.48. The number of aliphatic hydroxyl groups is 1. The molecule has 0 fully saturated rings. The maximum atomic E-state index is 8.97. The van der Waals surface area contributed by atoms with Gasteiger partial charge in [-0.25, -0.2) is 4.98 Å². The third kappa shape index (κ3) is 3.19. The van der Waals surface area contributed by atoms with Crippen LogP contribution in [0.2, 0.25) is 0 Å². The van der Waals surface area contributed by atoms with Crippen molar-refractivity contribution in [1.82, 2.24) is 4.98 Å². The van der Waals surface area contributed by atoms with Gasteiger partial charge in [-0.15, -0.1) is 0 Å². The summed E-state index contributed by atoms with van der Waals surface area (Å²) in [5.41, 5.74) is 0. The van der Waals surface area contributed by atoms with Crippen LogP contribution in [0.5, 0.6) is 0 Å². The molecule has 2 N–H and O–H groups in total. The van der Waals surface area contributed by atoms with Crippen molar-refractivity contribution in [3.05, 3.63) is 22.8 Å². The number of aromatic nitrogens is 1. The minimum Gasteiger partial charge on any atom is -0.392 e. The Morgan fingerprint density at radius 2 is 2.42 bits per heavy atom. The zero-order chi connectivity index (χ0) is 8.97. The fourth-order valence-electron chi connectivity index (χ4n) is 0.733. The van der Waals surface area contributed by atoms with E-state index in [1.54, 1.807) is 13.1 Å². The molecule has 0 spiro atoms. The molecule has 1 heterocycles. The van der Waals surface area contributed by atoms with E-state index < -0.39 is 0 Å². The highest BCUT2D eigenvalue weighted by atomic mass is 79.9. The van der Waals surface area contributed by atoms with Gasteiger partial charge in [0.1, 0.15) is 5.82 Å². The number of hydrogen-bond acceptors (Lipinski definition) is 3. The first-order valence-electron chi connectivity index (χ1n) is 3.72. The van der Waals surface area contributed by atoms with Gasteiger partial charge >= 0.3 is 0 Å². The highest BCUT2D eigenvalue weighted by Crippen LogP contribution is 2.09. The van der Waals surface area contributed by atoms with Crippen molar-refractivity contribution in [3.63, 3.8) is 0 Å². The molecule has 12 heavy (non-hydrogen) atoms. The first-order chi connectivity index (χ1) is 5.68. The van der Waals surface area contributed by atoms with Crippen LogP contribution in [0.15, 0.2) is 22.8 Å². The zero-order valence-electron chi connectivity index (χ0n) is 6.79. The lowest BCUT2D eigenvalue weighted by molar-refractivity contribution is 0.208. The van der Waals surface area contributed by atoms with E-state index >= 15 is 0 Å². The Morgan fingerprint density at radius 1 is 1.67 bits per heavy atom. The predicted molar refractivity (Wildman–Crippen MR) is 52.1 cm³/mol. The third-order valence-corrected chi connectivity index (χ3v) is 1.78. The van der Waals surface area contributed by atoms with Crippen LogP contribution >= 0.6 is 15.9 Å². The molecule has 1 aromatic heterocycles. The zero-order valence-corrected chi connectivity index (χ0v) is 8.37. The van der Waals surface area contributed by atoms with E-state index in [1.165, 1.54) is 0 Å². The topological polar surface area (TPSA) is 45.1 Å². The number of aliphatic hydroxyl groups excluding tert-OH is 1. The molecule has 4 heteroatoms. The van der Waals surface area contributed by atoms with E-state index in [2.05, 4.69) is 26.2 Å². The van der Waals surface area contributed by atoms with Gasteiger partial charge in [0.15, 0.2) is 0 Å². The summed E-state index contributed by atoms with van der Waals surface area (Å²) in [6, 6.07) is 3.75. The van der Waals surface area contributed by atoms with Crippen molar-refractivity contribution >= 4 is 21.7 Å². The standard InChI is InChI=1S/C8H11BrN2O/c1-6(12)4-10-8-3-2-7(9)5-11-8/h2-3,5-6,12H,4H2,1H3,(H,10,11)/t6-/m1/s1. The van der Waals surface area contributed by atoms with Crippen LogP contribution < -0.4 is 5.32 Å². The van der Waals surface area contributed by atoms with E-state index in [4.69, 9.17) is 5.11 Å². The molecule has 3 nitrogen and oxygen atoms in total. The van der Waals surface area contributed by atoms with Gasteiger partial charge in [-0.05, 0) is 35.0 Å². The Labute approximate surface area is 80.0 Å². The van der Waals surface area contributed by atoms with Gasteiger partial charge in [0, 0.05) is 17.2 Å². The molecule has 0 bridgehead atoms. The highest BCUT2D eigenvalue weighted by molar-refractivity contribution is 9.10. The van der Waals surface area contributed by atoms with Crippen molar-refractivity contribution in [1.29, 1.82) is 0 Å². The molecule has 1 aromatic rings. The number of rotatable bonds is 3. The molecule has 0 aliphatic heterocycles. The summed E-state index contributed by atoms with van der Waals surface area (Å²) in [6.07, 6.45) is 1.36. The first-order valence-corrected chi connectivity index (χ1v) is 4.51. The summed E-state index contributed by atoms with van der Waals surface area (Å²) in [6.45, 7) is 2.25. The van der Waals surface area contributed by atoms with Gasteiger partial charge in [0.2, 0.25) is 0 Å². The van der Waals surface area contributed by atoms with Gasteiger partial charge in [-0.3, -0.25) is 0 Å². The molecule has 0 aliphatic carbocycles. The molecule has 1 atom stereocenters. The van der Waals surface area contributed by atoms with E-state index in [1.807, 2.05) is 12.1 Å². The van der Waals surface area contributed by atoms with Gasteiger partial charge in [0.25, 0.3) is 0 Å². The van der Waals surface area contributed by atoms with Crippen molar-refractivity contribution in [3.8, 4) is 0 Å². The Bertz CT molecular complexity index is 235.